The predicted octanol–water partition coefficient (Wildman–Crippen LogP) is 3.57. The Morgan fingerprint density at radius 2 is 1.52 bits per heavy atom. The first-order valence-electron chi connectivity index (χ1n) is 10.6. The van der Waals surface area contributed by atoms with Gasteiger partial charge >= 0.3 is 11.9 Å². The molecule has 0 heterocycles. The van der Waals surface area contributed by atoms with Gasteiger partial charge in [-0.15, -0.1) is 11.8 Å². The zero-order chi connectivity index (χ0) is 21.9. The van der Waals surface area contributed by atoms with E-state index in [0.29, 0.717) is 0 Å². The SMILES string of the molecule is CCCCCCCCCCCC/C=C\C(SCC(N)C(=O)NCC(=O)O)C(=O)O. The molecular weight excluding hydrogens is 392 g/mol. The molecule has 0 aliphatic carbocycles. The second-order valence-corrected chi connectivity index (χ2v) is 8.38. The highest BCUT2D eigenvalue weighted by Gasteiger charge is 2.20. The van der Waals surface area contributed by atoms with Crippen LogP contribution in [0.5, 0.6) is 0 Å². The van der Waals surface area contributed by atoms with Gasteiger partial charge < -0.3 is 21.3 Å². The number of nitrogens with two attached hydrogens (primary N) is 1. The summed E-state index contributed by atoms with van der Waals surface area (Å²) in [5, 5.41) is 19.2. The van der Waals surface area contributed by atoms with Crippen LogP contribution >= 0.6 is 11.8 Å². The molecule has 7 nitrogen and oxygen atoms in total. The molecule has 168 valence electrons. The lowest BCUT2D eigenvalue weighted by molar-refractivity contribution is -0.138. The van der Waals surface area contributed by atoms with Crippen LogP contribution in [0, 0.1) is 0 Å². The first-order valence-corrected chi connectivity index (χ1v) is 11.7. The van der Waals surface area contributed by atoms with Gasteiger partial charge in [0, 0.05) is 5.75 Å². The molecule has 0 fully saturated rings. The minimum atomic E-state index is -1.16. The number of hydrogen-bond donors (Lipinski definition) is 4. The van der Waals surface area contributed by atoms with Crippen molar-refractivity contribution in [1.82, 2.24) is 5.32 Å². The molecule has 0 spiro atoms. The second-order valence-electron chi connectivity index (χ2n) is 7.21. The molecule has 0 aromatic carbocycles. The smallest absolute Gasteiger partial charge is 0.322 e. The van der Waals surface area contributed by atoms with Crippen LogP contribution in [0.2, 0.25) is 0 Å². The highest BCUT2D eigenvalue weighted by molar-refractivity contribution is 8.00. The summed E-state index contributed by atoms with van der Waals surface area (Å²) < 4.78 is 0. The lowest BCUT2D eigenvalue weighted by Crippen LogP contribution is -2.44. The number of nitrogens with one attached hydrogen (secondary N) is 1. The monoisotopic (exact) mass is 430 g/mol. The lowest BCUT2D eigenvalue weighted by atomic mass is 10.1. The van der Waals surface area contributed by atoms with E-state index in [2.05, 4.69) is 12.2 Å². The zero-order valence-electron chi connectivity index (χ0n) is 17.6. The number of carbonyl (C=O) groups excluding carboxylic acids is 1. The number of thioether (sulfide) groups is 1. The van der Waals surface area contributed by atoms with Crippen molar-refractivity contribution >= 4 is 29.6 Å². The van der Waals surface area contributed by atoms with Crippen molar-refractivity contribution in [3.05, 3.63) is 12.2 Å². The molecular formula is C21H38N2O5S. The highest BCUT2D eigenvalue weighted by atomic mass is 32.2. The summed E-state index contributed by atoms with van der Waals surface area (Å²) >= 11 is 1.06. The maximum absolute atomic E-state index is 11.6. The number of carbonyl (C=O) groups is 3. The fourth-order valence-electron chi connectivity index (χ4n) is 2.76. The van der Waals surface area contributed by atoms with Crippen molar-refractivity contribution in [2.45, 2.75) is 88.8 Å². The van der Waals surface area contributed by atoms with Gasteiger partial charge in [0.05, 0.1) is 6.04 Å². The third kappa shape index (κ3) is 17.1. The number of amides is 1. The largest absolute Gasteiger partial charge is 0.480 e. The normalized spacial score (nSPS) is 13.3. The fraction of sp³-hybridized carbons (Fsp3) is 0.762. The summed E-state index contributed by atoms with van der Waals surface area (Å²) in [4.78, 5) is 33.4. The Morgan fingerprint density at radius 3 is 2.03 bits per heavy atom. The molecule has 0 bridgehead atoms. The number of aliphatic carboxylic acids is 2. The average molecular weight is 431 g/mol. The van der Waals surface area contributed by atoms with E-state index in [1.54, 1.807) is 6.08 Å². The van der Waals surface area contributed by atoms with Crippen molar-refractivity contribution in [2.24, 2.45) is 5.73 Å². The van der Waals surface area contributed by atoms with Crippen LogP contribution in [0.3, 0.4) is 0 Å². The van der Waals surface area contributed by atoms with Crippen LogP contribution in [0.4, 0.5) is 0 Å². The van der Waals surface area contributed by atoms with Crippen molar-refractivity contribution in [2.75, 3.05) is 12.3 Å². The number of unbranched alkanes of at least 4 members (excludes halogenated alkanes) is 10. The van der Waals surface area contributed by atoms with Crippen molar-refractivity contribution in [3.8, 4) is 0 Å². The van der Waals surface area contributed by atoms with E-state index in [1.807, 2.05) is 6.08 Å². The molecule has 2 atom stereocenters. The number of carboxylic acids is 2. The van der Waals surface area contributed by atoms with Crippen LogP contribution < -0.4 is 11.1 Å². The zero-order valence-corrected chi connectivity index (χ0v) is 18.4. The Labute approximate surface area is 178 Å². The second kappa shape index (κ2) is 18.5. The van der Waals surface area contributed by atoms with Gasteiger partial charge in [-0.2, -0.15) is 0 Å². The van der Waals surface area contributed by atoms with Gasteiger partial charge in [-0.05, 0) is 12.8 Å². The molecule has 8 heteroatoms. The fourth-order valence-corrected chi connectivity index (χ4v) is 3.69. The molecule has 0 radical (unpaired) electrons. The van der Waals surface area contributed by atoms with Crippen LogP contribution in [-0.4, -0.2) is 51.6 Å². The van der Waals surface area contributed by atoms with E-state index in [4.69, 9.17) is 10.8 Å². The van der Waals surface area contributed by atoms with Crippen molar-refractivity contribution < 1.29 is 24.6 Å². The van der Waals surface area contributed by atoms with Gasteiger partial charge in [0.15, 0.2) is 0 Å². The average Bonchev–Trinajstić information content (AvgIpc) is 2.68. The van der Waals surface area contributed by atoms with Gasteiger partial charge in [-0.3, -0.25) is 14.4 Å². The lowest BCUT2D eigenvalue weighted by Gasteiger charge is -2.13. The van der Waals surface area contributed by atoms with E-state index in [-0.39, 0.29) is 5.75 Å². The molecule has 0 aromatic rings. The summed E-state index contributed by atoms with van der Waals surface area (Å²) in [7, 11) is 0. The van der Waals surface area contributed by atoms with E-state index in [1.165, 1.54) is 51.4 Å². The number of allylic oxidation sites excluding steroid dienone is 1. The summed E-state index contributed by atoms with van der Waals surface area (Å²) in [6.07, 6.45) is 17.0. The Bertz CT molecular complexity index is 499. The van der Waals surface area contributed by atoms with Crippen LogP contribution in [0.1, 0.15) is 77.6 Å². The number of hydrogen-bond acceptors (Lipinski definition) is 5. The van der Waals surface area contributed by atoms with Crippen LogP contribution in [0.15, 0.2) is 12.2 Å². The highest BCUT2D eigenvalue weighted by Crippen LogP contribution is 2.15. The minimum absolute atomic E-state index is 0.102. The van der Waals surface area contributed by atoms with Gasteiger partial charge in [0.2, 0.25) is 5.91 Å². The standard InChI is InChI=1S/C21H38N2O5S/c1-2-3-4-5-6-7-8-9-10-11-12-13-14-18(21(27)28)29-16-17(22)20(26)23-15-19(24)25/h13-14,17-18H,2-12,15-16,22H2,1H3,(H,23,26)(H,24,25)(H,27,28)/b14-13-. The molecule has 5 N–H and O–H groups in total. The molecule has 29 heavy (non-hydrogen) atoms. The maximum Gasteiger partial charge on any atom is 0.322 e. The molecule has 0 aliphatic heterocycles. The Hall–Kier alpha value is -1.54. The molecule has 2 unspecified atom stereocenters. The predicted molar refractivity (Wildman–Crippen MR) is 118 cm³/mol. The third-order valence-corrected chi connectivity index (χ3v) is 5.75. The topological polar surface area (TPSA) is 130 Å². The van der Waals surface area contributed by atoms with E-state index in [9.17, 15) is 19.5 Å². The third-order valence-electron chi connectivity index (χ3n) is 4.48. The maximum atomic E-state index is 11.6. The van der Waals surface area contributed by atoms with Crippen molar-refractivity contribution in [3.63, 3.8) is 0 Å². The molecule has 1 amide bonds. The molecule has 0 saturated carbocycles. The minimum Gasteiger partial charge on any atom is -0.480 e. The first-order chi connectivity index (χ1) is 13.9. The summed E-state index contributed by atoms with van der Waals surface area (Å²) in [5.41, 5.74) is 5.68. The van der Waals surface area contributed by atoms with Crippen LogP contribution in [0.25, 0.3) is 0 Å². The number of carboxylic acid groups (broad SMARTS) is 2. The van der Waals surface area contributed by atoms with E-state index < -0.39 is 35.7 Å². The Kier molecular flexibility index (Phi) is 17.5. The van der Waals surface area contributed by atoms with Crippen LogP contribution in [-0.2, 0) is 14.4 Å². The number of rotatable bonds is 19. The summed E-state index contributed by atoms with van der Waals surface area (Å²) in [6.45, 7) is 1.72. The molecule has 0 rings (SSSR count). The quantitative estimate of drug-likeness (QED) is 0.182. The van der Waals surface area contributed by atoms with Crippen molar-refractivity contribution in [1.29, 1.82) is 0 Å². The summed E-state index contributed by atoms with van der Waals surface area (Å²) in [6, 6.07) is -0.948. The van der Waals surface area contributed by atoms with Gasteiger partial charge in [-0.25, -0.2) is 0 Å². The molecule has 0 saturated heterocycles. The summed E-state index contributed by atoms with van der Waals surface area (Å²) in [5.74, 6) is -2.63. The van der Waals surface area contributed by atoms with Gasteiger partial charge in [-0.1, -0.05) is 76.9 Å². The van der Waals surface area contributed by atoms with Gasteiger partial charge in [0.1, 0.15) is 11.8 Å². The Morgan fingerprint density at radius 1 is 0.966 bits per heavy atom. The first kappa shape index (κ1) is 27.5. The van der Waals surface area contributed by atoms with Gasteiger partial charge in [0.25, 0.3) is 0 Å². The molecule has 0 aromatic heterocycles. The Balaban J connectivity index is 3.89. The van der Waals surface area contributed by atoms with E-state index >= 15 is 0 Å². The molecule has 0 aliphatic rings. The van der Waals surface area contributed by atoms with E-state index in [0.717, 1.165) is 31.0 Å².